The molecule has 0 bridgehead atoms. The average Bonchev–Trinajstić information content (AvgIpc) is 3.35. The van der Waals surface area contributed by atoms with Crippen LogP contribution in [0.5, 0.6) is 0 Å². The summed E-state index contributed by atoms with van der Waals surface area (Å²) in [5.41, 5.74) is -0.0913. The molecule has 0 aromatic carbocycles. The highest BCUT2D eigenvalue weighted by Crippen LogP contribution is 2.24. The van der Waals surface area contributed by atoms with Crippen molar-refractivity contribution < 1.29 is 22.8 Å². The Morgan fingerprint density at radius 3 is 1.77 bits per heavy atom. The van der Waals surface area contributed by atoms with Gasteiger partial charge in [0.15, 0.2) is 0 Å². The van der Waals surface area contributed by atoms with Gasteiger partial charge in [-0.3, -0.25) is 0 Å². The standard InChI is InChI=1S/C16H34O5Si/c1-5-9-16(18-14-15-13-17-15)22(19-10-6-2,20-11-7-3)21-12-8-4/h15-16H,5-14H2,1-4H3. The molecular weight excluding hydrogens is 300 g/mol. The summed E-state index contributed by atoms with van der Waals surface area (Å²) in [4.78, 5) is 0. The van der Waals surface area contributed by atoms with E-state index in [1.54, 1.807) is 0 Å². The van der Waals surface area contributed by atoms with E-state index in [4.69, 9.17) is 22.8 Å². The topological polar surface area (TPSA) is 49.5 Å². The first-order chi connectivity index (χ1) is 10.7. The molecule has 0 spiro atoms. The van der Waals surface area contributed by atoms with Gasteiger partial charge in [0.05, 0.1) is 13.2 Å². The Balaban J connectivity index is 2.79. The predicted octanol–water partition coefficient (Wildman–Crippen LogP) is 3.33. The molecule has 2 unspecified atom stereocenters. The summed E-state index contributed by atoms with van der Waals surface area (Å²) in [6, 6.07) is 0. The molecule has 0 aromatic rings. The van der Waals surface area contributed by atoms with Gasteiger partial charge in [0.25, 0.3) is 0 Å². The van der Waals surface area contributed by atoms with Crippen LogP contribution in [0.15, 0.2) is 0 Å². The van der Waals surface area contributed by atoms with Crippen molar-refractivity contribution in [3.8, 4) is 0 Å². The van der Waals surface area contributed by atoms with E-state index >= 15 is 0 Å². The smallest absolute Gasteiger partial charge is 0.372 e. The molecule has 0 radical (unpaired) electrons. The Kier molecular flexibility index (Phi) is 10.5. The van der Waals surface area contributed by atoms with Crippen molar-refractivity contribution in [1.82, 2.24) is 0 Å². The number of ether oxygens (including phenoxy) is 2. The molecule has 1 saturated heterocycles. The molecule has 22 heavy (non-hydrogen) atoms. The van der Waals surface area contributed by atoms with Crippen molar-refractivity contribution in [3.05, 3.63) is 0 Å². The highest BCUT2D eigenvalue weighted by Gasteiger charge is 2.51. The van der Waals surface area contributed by atoms with E-state index in [2.05, 4.69) is 27.7 Å². The molecule has 2 atom stereocenters. The van der Waals surface area contributed by atoms with Crippen LogP contribution in [0.3, 0.4) is 0 Å². The Hall–Kier alpha value is 0.0169. The molecule has 1 fully saturated rings. The zero-order valence-electron chi connectivity index (χ0n) is 14.8. The van der Waals surface area contributed by atoms with Crippen LogP contribution in [0.4, 0.5) is 0 Å². The fourth-order valence-electron chi connectivity index (χ4n) is 2.15. The van der Waals surface area contributed by atoms with Crippen LogP contribution < -0.4 is 0 Å². The number of hydrogen-bond donors (Lipinski definition) is 0. The van der Waals surface area contributed by atoms with E-state index in [0.717, 1.165) is 38.7 Å². The zero-order valence-corrected chi connectivity index (χ0v) is 15.8. The molecule has 1 aliphatic rings. The predicted molar refractivity (Wildman–Crippen MR) is 88.9 cm³/mol. The van der Waals surface area contributed by atoms with Crippen molar-refractivity contribution in [3.63, 3.8) is 0 Å². The van der Waals surface area contributed by atoms with Gasteiger partial charge in [-0.1, -0.05) is 34.1 Å². The van der Waals surface area contributed by atoms with Gasteiger partial charge in [0.1, 0.15) is 11.8 Å². The third-order valence-corrected chi connectivity index (χ3v) is 6.42. The Morgan fingerprint density at radius 2 is 1.41 bits per heavy atom. The highest BCUT2D eigenvalue weighted by atomic mass is 28.4. The summed E-state index contributed by atoms with van der Waals surface area (Å²) in [6.07, 6.45) is 5.01. The lowest BCUT2D eigenvalue weighted by atomic mass is 10.3. The Labute approximate surface area is 137 Å². The molecule has 0 aliphatic carbocycles. The van der Waals surface area contributed by atoms with E-state index in [1.165, 1.54) is 0 Å². The van der Waals surface area contributed by atoms with Crippen molar-refractivity contribution in [1.29, 1.82) is 0 Å². The van der Waals surface area contributed by atoms with Gasteiger partial charge in [0.2, 0.25) is 0 Å². The summed E-state index contributed by atoms with van der Waals surface area (Å²) < 4.78 is 29.9. The maximum Gasteiger partial charge on any atom is 0.531 e. The van der Waals surface area contributed by atoms with E-state index in [9.17, 15) is 0 Å². The lowest BCUT2D eigenvalue weighted by molar-refractivity contribution is -0.0218. The zero-order chi connectivity index (χ0) is 16.3. The van der Waals surface area contributed by atoms with Crippen LogP contribution in [0.1, 0.15) is 59.8 Å². The van der Waals surface area contributed by atoms with Gasteiger partial charge in [-0.15, -0.1) is 0 Å². The molecular formula is C16H34O5Si. The first kappa shape index (κ1) is 20.1. The lowest BCUT2D eigenvalue weighted by Crippen LogP contribution is -2.58. The minimum Gasteiger partial charge on any atom is -0.372 e. The number of rotatable bonds is 15. The van der Waals surface area contributed by atoms with Crippen LogP contribution in [0.25, 0.3) is 0 Å². The minimum absolute atomic E-state index is 0.0913. The maximum atomic E-state index is 6.18. The first-order valence-corrected chi connectivity index (χ1v) is 10.7. The molecule has 0 saturated carbocycles. The number of epoxide rings is 1. The Morgan fingerprint density at radius 1 is 0.909 bits per heavy atom. The Bertz CT molecular complexity index is 251. The third-order valence-electron chi connectivity index (χ3n) is 3.35. The molecule has 0 aromatic heterocycles. The third kappa shape index (κ3) is 7.06. The molecule has 1 aliphatic heterocycles. The quantitative estimate of drug-likeness (QED) is 0.340. The molecule has 6 heteroatoms. The normalized spacial score (nSPS) is 19.4. The van der Waals surface area contributed by atoms with Gasteiger partial charge in [-0.05, 0) is 25.7 Å². The second-order valence-corrected chi connectivity index (χ2v) is 8.43. The van der Waals surface area contributed by atoms with Crippen LogP contribution >= 0.6 is 0 Å². The summed E-state index contributed by atoms with van der Waals surface area (Å²) in [6.45, 7) is 11.8. The van der Waals surface area contributed by atoms with Crippen LogP contribution in [0, 0.1) is 0 Å². The van der Waals surface area contributed by atoms with Gasteiger partial charge >= 0.3 is 8.80 Å². The fraction of sp³-hybridized carbons (Fsp3) is 1.00. The second-order valence-electron chi connectivity index (χ2n) is 5.71. The van der Waals surface area contributed by atoms with Crippen molar-refractivity contribution in [2.24, 2.45) is 0 Å². The summed E-state index contributed by atoms with van der Waals surface area (Å²) >= 11 is 0. The van der Waals surface area contributed by atoms with Crippen LogP contribution in [-0.4, -0.2) is 53.7 Å². The summed E-state index contributed by atoms with van der Waals surface area (Å²) in [7, 11) is -2.83. The van der Waals surface area contributed by atoms with E-state index in [0.29, 0.717) is 26.4 Å². The van der Waals surface area contributed by atoms with Crippen molar-refractivity contribution in [2.45, 2.75) is 71.6 Å². The minimum atomic E-state index is -2.83. The molecule has 0 amide bonds. The van der Waals surface area contributed by atoms with Crippen molar-refractivity contribution >= 4 is 8.80 Å². The SMILES string of the molecule is CCCO[Si](OCCC)(OCCC)C(CCC)OCC1CO1. The summed E-state index contributed by atoms with van der Waals surface area (Å²) in [5.74, 6) is 0. The van der Waals surface area contributed by atoms with Crippen molar-refractivity contribution in [2.75, 3.05) is 33.0 Å². The lowest BCUT2D eigenvalue weighted by Gasteiger charge is -2.35. The molecule has 0 N–H and O–H groups in total. The first-order valence-electron chi connectivity index (χ1n) is 8.87. The number of hydrogen-bond acceptors (Lipinski definition) is 5. The fourth-order valence-corrected chi connectivity index (χ4v) is 5.37. The average molecular weight is 335 g/mol. The van der Waals surface area contributed by atoms with E-state index in [1.807, 2.05) is 0 Å². The van der Waals surface area contributed by atoms with E-state index < -0.39 is 8.80 Å². The van der Waals surface area contributed by atoms with Gasteiger partial charge in [0, 0.05) is 19.8 Å². The molecule has 132 valence electrons. The van der Waals surface area contributed by atoms with Gasteiger partial charge in [-0.2, -0.15) is 0 Å². The highest BCUT2D eigenvalue weighted by molar-refractivity contribution is 6.62. The molecule has 1 rings (SSSR count). The van der Waals surface area contributed by atoms with Gasteiger partial charge < -0.3 is 22.8 Å². The maximum absolute atomic E-state index is 6.18. The largest absolute Gasteiger partial charge is 0.531 e. The summed E-state index contributed by atoms with van der Waals surface area (Å²) in [5, 5.41) is 0. The second kappa shape index (κ2) is 11.5. The monoisotopic (exact) mass is 334 g/mol. The van der Waals surface area contributed by atoms with Crippen LogP contribution in [0.2, 0.25) is 0 Å². The molecule has 1 heterocycles. The van der Waals surface area contributed by atoms with Gasteiger partial charge in [-0.25, -0.2) is 0 Å². The molecule has 5 nitrogen and oxygen atoms in total. The van der Waals surface area contributed by atoms with Crippen LogP contribution in [-0.2, 0) is 22.8 Å². The van der Waals surface area contributed by atoms with E-state index in [-0.39, 0.29) is 11.8 Å².